The van der Waals surface area contributed by atoms with Crippen LogP contribution in [-0.2, 0) is 16.1 Å². The van der Waals surface area contributed by atoms with Gasteiger partial charge in [-0.3, -0.25) is 14.5 Å². The first kappa shape index (κ1) is 20.4. The fourth-order valence-electron chi connectivity index (χ4n) is 5.99. The summed E-state index contributed by atoms with van der Waals surface area (Å²) in [5.41, 5.74) is 1.09. The van der Waals surface area contributed by atoms with Gasteiger partial charge in [0, 0.05) is 75.6 Å². The zero-order valence-electron chi connectivity index (χ0n) is 18.2. The van der Waals surface area contributed by atoms with Crippen molar-refractivity contribution in [1.29, 1.82) is 0 Å². The van der Waals surface area contributed by atoms with Crippen LogP contribution in [0.3, 0.4) is 0 Å². The van der Waals surface area contributed by atoms with Crippen molar-refractivity contribution in [3.05, 3.63) is 30.1 Å². The van der Waals surface area contributed by atoms with Gasteiger partial charge in [0.15, 0.2) is 0 Å². The molecule has 0 radical (unpaired) electrons. The minimum atomic E-state index is -0.316. The minimum absolute atomic E-state index is 0.133. The molecular formula is C23H32N6O2. The summed E-state index contributed by atoms with van der Waals surface area (Å²) in [6.07, 6.45) is 11.4. The third-order valence-electron chi connectivity index (χ3n) is 7.25. The normalized spacial score (nSPS) is 30.4. The summed E-state index contributed by atoms with van der Waals surface area (Å²) in [5.74, 6) is 1.59. The first-order valence-corrected chi connectivity index (χ1v) is 11.7. The Hall–Kier alpha value is -2.48. The summed E-state index contributed by atoms with van der Waals surface area (Å²) >= 11 is 0. The number of nitrogens with zero attached hydrogens (tertiary/aromatic N) is 5. The molecule has 0 saturated carbocycles. The first-order chi connectivity index (χ1) is 15.1. The molecule has 5 rings (SSSR count). The molecule has 2 bridgehead atoms. The van der Waals surface area contributed by atoms with Crippen molar-refractivity contribution >= 4 is 17.8 Å². The molecule has 3 saturated heterocycles. The highest BCUT2D eigenvalue weighted by atomic mass is 16.2. The van der Waals surface area contributed by atoms with Crippen molar-refractivity contribution in [2.45, 2.75) is 51.2 Å². The third kappa shape index (κ3) is 3.93. The molecule has 1 N–H and O–H groups in total. The molecule has 1 aromatic rings. The summed E-state index contributed by atoms with van der Waals surface area (Å²) in [6, 6.07) is -0.124. The van der Waals surface area contributed by atoms with Crippen LogP contribution >= 0.6 is 0 Å². The molecule has 4 aliphatic heterocycles. The van der Waals surface area contributed by atoms with E-state index in [0.29, 0.717) is 31.4 Å². The van der Waals surface area contributed by atoms with E-state index in [0.717, 1.165) is 51.0 Å². The minimum Gasteiger partial charge on any atom is -0.355 e. The fraction of sp³-hybridized carbons (Fsp3) is 0.652. The Morgan fingerprint density at radius 1 is 1.16 bits per heavy atom. The van der Waals surface area contributed by atoms with Gasteiger partial charge < -0.3 is 15.1 Å². The van der Waals surface area contributed by atoms with E-state index in [1.165, 1.54) is 0 Å². The van der Waals surface area contributed by atoms with Gasteiger partial charge in [-0.2, -0.15) is 0 Å². The van der Waals surface area contributed by atoms with Crippen LogP contribution in [0.2, 0.25) is 0 Å². The van der Waals surface area contributed by atoms with Gasteiger partial charge in [-0.25, -0.2) is 9.97 Å². The van der Waals surface area contributed by atoms with E-state index in [4.69, 9.17) is 0 Å². The highest BCUT2D eigenvalue weighted by molar-refractivity contribution is 5.89. The van der Waals surface area contributed by atoms with E-state index in [1.54, 1.807) is 0 Å². The fourth-order valence-corrected chi connectivity index (χ4v) is 5.99. The molecule has 0 aromatic carbocycles. The van der Waals surface area contributed by atoms with Gasteiger partial charge in [-0.15, -0.1) is 0 Å². The number of piperidine rings is 3. The van der Waals surface area contributed by atoms with E-state index in [-0.39, 0.29) is 29.8 Å². The standard InChI is InChI=1S/C23H32N6O2/c1-2-24-23-25-11-16(12-26-23)13-27-14-17-10-18(15-27)21(22(31)28-8-3-4-9-28)29-19(17)6-5-7-20(29)30/h3-4,11-12,17-19,21H,2,5-10,13-15H2,1H3,(H,24,25,26)/t17-,18+,19+,21-/m1/s1. The van der Waals surface area contributed by atoms with Crippen LogP contribution in [0.5, 0.6) is 0 Å². The Labute approximate surface area is 183 Å². The maximum Gasteiger partial charge on any atom is 0.246 e. The molecule has 0 spiro atoms. The molecule has 0 unspecified atom stereocenters. The van der Waals surface area contributed by atoms with Crippen molar-refractivity contribution in [2.75, 3.05) is 38.0 Å². The highest BCUT2D eigenvalue weighted by Crippen LogP contribution is 2.42. The Balaban J connectivity index is 1.36. The van der Waals surface area contributed by atoms with Crippen LogP contribution in [0.4, 0.5) is 5.95 Å². The summed E-state index contributed by atoms with van der Waals surface area (Å²) < 4.78 is 0. The number of carbonyl (C=O) groups excluding carboxylic acids is 2. The van der Waals surface area contributed by atoms with Crippen LogP contribution in [0.1, 0.15) is 38.2 Å². The van der Waals surface area contributed by atoms with Crippen LogP contribution < -0.4 is 5.32 Å². The van der Waals surface area contributed by atoms with Crippen LogP contribution in [0.15, 0.2) is 24.5 Å². The van der Waals surface area contributed by atoms with Crippen LogP contribution in [-0.4, -0.2) is 81.3 Å². The lowest BCUT2D eigenvalue weighted by Crippen LogP contribution is -2.68. The molecule has 8 heteroatoms. The Bertz CT molecular complexity index is 848. The van der Waals surface area contributed by atoms with Gasteiger partial charge in [-0.1, -0.05) is 12.2 Å². The van der Waals surface area contributed by atoms with E-state index < -0.39 is 0 Å². The molecule has 3 fully saturated rings. The van der Waals surface area contributed by atoms with Crippen LogP contribution in [0, 0.1) is 11.8 Å². The molecule has 31 heavy (non-hydrogen) atoms. The number of carbonyl (C=O) groups is 2. The smallest absolute Gasteiger partial charge is 0.246 e. The molecule has 166 valence electrons. The second-order valence-electron chi connectivity index (χ2n) is 9.32. The molecule has 5 heterocycles. The number of likely N-dealkylation sites (tertiary alicyclic amines) is 1. The van der Waals surface area contributed by atoms with E-state index in [9.17, 15) is 9.59 Å². The van der Waals surface area contributed by atoms with E-state index in [2.05, 4.69) is 20.2 Å². The molecule has 4 atom stereocenters. The van der Waals surface area contributed by atoms with Crippen molar-refractivity contribution in [3.8, 4) is 0 Å². The van der Waals surface area contributed by atoms with E-state index >= 15 is 0 Å². The molecule has 0 aliphatic carbocycles. The number of fused-ring (bicyclic) bond motifs is 4. The molecule has 4 aliphatic rings. The molecule has 8 nitrogen and oxygen atoms in total. The first-order valence-electron chi connectivity index (χ1n) is 11.7. The molecule has 2 amide bonds. The molecule has 1 aromatic heterocycles. The Morgan fingerprint density at radius 2 is 1.90 bits per heavy atom. The van der Waals surface area contributed by atoms with Gasteiger partial charge in [0.2, 0.25) is 17.8 Å². The average Bonchev–Trinajstić information content (AvgIpc) is 3.31. The number of aromatic nitrogens is 2. The van der Waals surface area contributed by atoms with Gasteiger partial charge in [0.1, 0.15) is 6.04 Å². The second kappa shape index (κ2) is 8.57. The van der Waals surface area contributed by atoms with Gasteiger partial charge in [0.25, 0.3) is 0 Å². The highest BCUT2D eigenvalue weighted by Gasteiger charge is 2.52. The predicted molar refractivity (Wildman–Crippen MR) is 117 cm³/mol. The summed E-state index contributed by atoms with van der Waals surface area (Å²) in [7, 11) is 0. The van der Waals surface area contributed by atoms with Crippen molar-refractivity contribution < 1.29 is 9.59 Å². The number of anilines is 1. The number of rotatable bonds is 5. The van der Waals surface area contributed by atoms with Crippen molar-refractivity contribution in [3.63, 3.8) is 0 Å². The maximum atomic E-state index is 13.5. The maximum absolute atomic E-state index is 13.5. The molecular weight excluding hydrogens is 392 g/mol. The number of amides is 2. The zero-order chi connectivity index (χ0) is 21.4. The predicted octanol–water partition coefficient (Wildman–Crippen LogP) is 1.51. The van der Waals surface area contributed by atoms with E-state index in [1.807, 2.05) is 41.3 Å². The van der Waals surface area contributed by atoms with Crippen LogP contribution in [0.25, 0.3) is 0 Å². The third-order valence-corrected chi connectivity index (χ3v) is 7.25. The Morgan fingerprint density at radius 3 is 2.65 bits per heavy atom. The number of hydrogen-bond donors (Lipinski definition) is 1. The lowest BCUT2D eigenvalue weighted by molar-refractivity contribution is -0.164. The lowest BCUT2D eigenvalue weighted by Gasteiger charge is -2.56. The number of hydrogen-bond acceptors (Lipinski definition) is 6. The van der Waals surface area contributed by atoms with Crippen molar-refractivity contribution in [2.24, 2.45) is 11.8 Å². The Kier molecular flexibility index (Phi) is 5.65. The summed E-state index contributed by atoms with van der Waals surface area (Å²) in [6.45, 7) is 6.74. The van der Waals surface area contributed by atoms with Gasteiger partial charge in [-0.05, 0) is 32.1 Å². The van der Waals surface area contributed by atoms with Gasteiger partial charge >= 0.3 is 0 Å². The zero-order valence-corrected chi connectivity index (χ0v) is 18.2. The van der Waals surface area contributed by atoms with Gasteiger partial charge in [0.05, 0.1) is 0 Å². The second-order valence-corrected chi connectivity index (χ2v) is 9.32. The lowest BCUT2D eigenvalue weighted by atomic mass is 9.71. The number of nitrogens with one attached hydrogen (secondary N) is 1. The SMILES string of the molecule is CCNc1ncc(CN2C[C@H]3C[C@@H](C2)[C@H](C(=O)N2CC=CC2)N2C(=O)CCC[C@@H]32)cn1. The summed E-state index contributed by atoms with van der Waals surface area (Å²) in [4.78, 5) is 41.6. The monoisotopic (exact) mass is 424 g/mol. The average molecular weight is 425 g/mol. The summed E-state index contributed by atoms with van der Waals surface area (Å²) in [5, 5.41) is 3.13. The van der Waals surface area contributed by atoms with Crippen molar-refractivity contribution in [1.82, 2.24) is 24.7 Å². The largest absolute Gasteiger partial charge is 0.355 e. The quantitative estimate of drug-likeness (QED) is 0.722. The topological polar surface area (TPSA) is 81.7 Å².